The van der Waals surface area contributed by atoms with E-state index in [2.05, 4.69) is 9.97 Å². The van der Waals surface area contributed by atoms with E-state index in [1.807, 2.05) is 13.8 Å². The fourth-order valence-electron chi connectivity index (χ4n) is 0.881. The number of rotatable bonds is 2. The number of Topliss-reactive ketones (excluding diaryl/α,β-unsaturated/α-hetero) is 1. The van der Waals surface area contributed by atoms with Gasteiger partial charge in [-0.05, 0) is 12.5 Å². The minimum absolute atomic E-state index is 0.0757. The van der Waals surface area contributed by atoms with Gasteiger partial charge in [0.2, 0.25) is 0 Å². The highest BCUT2D eigenvalue weighted by molar-refractivity contribution is 5.93. The van der Waals surface area contributed by atoms with Crippen molar-refractivity contribution in [3.05, 3.63) is 17.5 Å². The summed E-state index contributed by atoms with van der Waals surface area (Å²) in [6, 6.07) is 0.228. The van der Waals surface area contributed by atoms with Gasteiger partial charge in [0.1, 0.15) is 5.69 Å². The van der Waals surface area contributed by atoms with Crippen LogP contribution in [0.5, 0.6) is 6.01 Å². The smallest absolute Gasteiger partial charge is 0.316 e. The highest BCUT2D eigenvalue weighted by Gasteiger charge is 2.07. The van der Waals surface area contributed by atoms with Crippen LogP contribution in [0.2, 0.25) is 0 Å². The summed E-state index contributed by atoms with van der Waals surface area (Å²) in [5.41, 5.74) is 1.19. The maximum atomic E-state index is 11.0. The van der Waals surface area contributed by atoms with Crippen molar-refractivity contribution in [2.45, 2.75) is 27.7 Å². The monoisotopic (exact) mass is 196 g/mol. The predicted octanol–water partition coefficient (Wildman–Crippen LogP) is 2.02. The zero-order valence-corrected chi connectivity index (χ0v) is 9.29. The number of ether oxygens (including phenoxy) is 1. The lowest BCUT2D eigenvalue weighted by atomic mass is 10.2. The molecule has 78 valence electrons. The molecule has 0 fully saturated rings. The first-order chi connectivity index (χ1) is 6.65. The third-order valence-electron chi connectivity index (χ3n) is 1.47. The van der Waals surface area contributed by atoms with E-state index in [1.165, 1.54) is 14.0 Å². The Kier molecular flexibility index (Phi) is 5.44. The summed E-state index contributed by atoms with van der Waals surface area (Å²) < 4.78 is 4.79. The van der Waals surface area contributed by atoms with Crippen molar-refractivity contribution >= 4 is 5.78 Å². The number of hydrogen-bond acceptors (Lipinski definition) is 4. The second-order valence-corrected chi connectivity index (χ2v) is 2.44. The summed E-state index contributed by atoms with van der Waals surface area (Å²) in [7, 11) is 1.47. The molecule has 0 saturated heterocycles. The van der Waals surface area contributed by atoms with Gasteiger partial charge in [0.05, 0.1) is 7.11 Å². The van der Waals surface area contributed by atoms with Crippen LogP contribution in [0, 0.1) is 6.92 Å². The molecule has 1 aromatic heterocycles. The highest BCUT2D eigenvalue weighted by Crippen LogP contribution is 2.08. The highest BCUT2D eigenvalue weighted by atomic mass is 16.5. The van der Waals surface area contributed by atoms with Crippen LogP contribution in [0.25, 0.3) is 0 Å². The fourth-order valence-corrected chi connectivity index (χ4v) is 0.881. The Morgan fingerprint density at radius 3 is 2.43 bits per heavy atom. The Hall–Kier alpha value is -1.45. The van der Waals surface area contributed by atoms with E-state index in [0.717, 1.165) is 5.56 Å². The van der Waals surface area contributed by atoms with Crippen LogP contribution in [0.4, 0.5) is 0 Å². The summed E-state index contributed by atoms with van der Waals surface area (Å²) >= 11 is 0. The molecule has 1 aromatic rings. The lowest BCUT2D eigenvalue weighted by molar-refractivity contribution is 0.101. The summed E-state index contributed by atoms with van der Waals surface area (Å²) in [5, 5.41) is 0. The van der Waals surface area contributed by atoms with Gasteiger partial charge in [0.15, 0.2) is 5.78 Å². The maximum Gasteiger partial charge on any atom is 0.316 e. The van der Waals surface area contributed by atoms with Crippen LogP contribution in [-0.4, -0.2) is 22.9 Å². The Morgan fingerprint density at radius 2 is 2.00 bits per heavy atom. The summed E-state index contributed by atoms with van der Waals surface area (Å²) in [5.74, 6) is -0.0757. The molecule has 4 nitrogen and oxygen atoms in total. The van der Waals surface area contributed by atoms with E-state index < -0.39 is 0 Å². The van der Waals surface area contributed by atoms with Crippen molar-refractivity contribution in [3.63, 3.8) is 0 Å². The van der Waals surface area contributed by atoms with Crippen LogP contribution in [0.15, 0.2) is 6.20 Å². The Bertz CT molecular complexity index is 311. The first kappa shape index (κ1) is 12.6. The second kappa shape index (κ2) is 6.07. The molecule has 0 saturated carbocycles. The van der Waals surface area contributed by atoms with Crippen molar-refractivity contribution in [2.24, 2.45) is 0 Å². The largest absolute Gasteiger partial charge is 0.467 e. The number of methoxy groups -OCH3 is 1. The first-order valence-electron chi connectivity index (χ1n) is 4.53. The predicted molar refractivity (Wildman–Crippen MR) is 54.7 cm³/mol. The van der Waals surface area contributed by atoms with Crippen molar-refractivity contribution in [1.29, 1.82) is 0 Å². The third-order valence-corrected chi connectivity index (χ3v) is 1.47. The van der Waals surface area contributed by atoms with Gasteiger partial charge in [0, 0.05) is 13.1 Å². The first-order valence-corrected chi connectivity index (χ1v) is 4.53. The number of nitrogens with zero attached hydrogens (tertiary/aromatic N) is 2. The Labute approximate surface area is 84.3 Å². The average molecular weight is 196 g/mol. The van der Waals surface area contributed by atoms with E-state index >= 15 is 0 Å². The number of hydrogen-bond donors (Lipinski definition) is 0. The standard InChI is InChI=1S/C8H10N2O2.C2H6/c1-5-4-9-8(12-3)10-7(5)6(2)11;1-2/h4H,1-3H3;1-2H3. The maximum absolute atomic E-state index is 11.0. The molecule has 0 aliphatic heterocycles. The number of carbonyl (C=O) groups is 1. The minimum Gasteiger partial charge on any atom is -0.467 e. The molecule has 0 bridgehead atoms. The zero-order valence-electron chi connectivity index (χ0n) is 9.29. The Morgan fingerprint density at radius 1 is 1.43 bits per heavy atom. The van der Waals surface area contributed by atoms with Crippen LogP contribution >= 0.6 is 0 Å². The topological polar surface area (TPSA) is 52.1 Å². The molecule has 0 aliphatic rings. The molecule has 0 aliphatic carbocycles. The quantitative estimate of drug-likeness (QED) is 0.679. The summed E-state index contributed by atoms with van der Waals surface area (Å²) in [4.78, 5) is 18.8. The number of ketones is 1. The molecular weight excluding hydrogens is 180 g/mol. The lowest BCUT2D eigenvalue weighted by Crippen LogP contribution is -2.03. The second-order valence-electron chi connectivity index (χ2n) is 2.44. The number of carbonyl (C=O) groups excluding carboxylic acids is 1. The number of aryl methyl sites for hydroxylation is 1. The van der Waals surface area contributed by atoms with Crippen molar-refractivity contribution in [3.8, 4) is 6.01 Å². The van der Waals surface area contributed by atoms with Gasteiger partial charge in [0.25, 0.3) is 0 Å². The SMILES string of the molecule is CC.COc1ncc(C)c(C(C)=O)n1. The normalized spacial score (nSPS) is 8.64. The molecule has 0 unspecified atom stereocenters. The van der Waals surface area contributed by atoms with Gasteiger partial charge >= 0.3 is 6.01 Å². The minimum atomic E-state index is -0.0757. The lowest BCUT2D eigenvalue weighted by Gasteiger charge is -2.01. The molecule has 14 heavy (non-hydrogen) atoms. The molecule has 0 atom stereocenters. The Balaban J connectivity index is 0.000000791. The van der Waals surface area contributed by atoms with Crippen molar-refractivity contribution in [1.82, 2.24) is 9.97 Å². The molecular formula is C10H16N2O2. The third kappa shape index (κ3) is 3.12. The molecule has 0 aromatic carbocycles. The summed E-state index contributed by atoms with van der Waals surface area (Å²) in [6.07, 6.45) is 1.57. The molecule has 4 heteroatoms. The molecule has 0 spiro atoms. The molecule has 0 amide bonds. The van der Waals surface area contributed by atoms with Gasteiger partial charge in [-0.1, -0.05) is 13.8 Å². The molecule has 0 N–H and O–H groups in total. The molecule has 1 rings (SSSR count). The van der Waals surface area contributed by atoms with Crippen LogP contribution in [-0.2, 0) is 0 Å². The van der Waals surface area contributed by atoms with E-state index in [1.54, 1.807) is 13.1 Å². The fraction of sp³-hybridized carbons (Fsp3) is 0.500. The molecule has 1 heterocycles. The molecule has 0 radical (unpaired) electrons. The van der Waals surface area contributed by atoms with E-state index in [4.69, 9.17) is 4.74 Å². The van der Waals surface area contributed by atoms with E-state index in [9.17, 15) is 4.79 Å². The number of aromatic nitrogens is 2. The van der Waals surface area contributed by atoms with Crippen molar-refractivity contribution in [2.75, 3.05) is 7.11 Å². The van der Waals surface area contributed by atoms with Gasteiger partial charge in [-0.25, -0.2) is 4.98 Å². The van der Waals surface area contributed by atoms with Gasteiger partial charge < -0.3 is 4.74 Å². The van der Waals surface area contributed by atoms with Crippen LogP contribution in [0.3, 0.4) is 0 Å². The zero-order chi connectivity index (χ0) is 11.1. The average Bonchev–Trinajstić information content (AvgIpc) is 2.21. The van der Waals surface area contributed by atoms with Crippen molar-refractivity contribution < 1.29 is 9.53 Å². The van der Waals surface area contributed by atoms with E-state index in [0.29, 0.717) is 5.69 Å². The summed E-state index contributed by atoms with van der Waals surface area (Å²) in [6.45, 7) is 7.25. The van der Waals surface area contributed by atoms with Gasteiger partial charge in [-0.3, -0.25) is 4.79 Å². The van der Waals surface area contributed by atoms with Gasteiger partial charge in [-0.15, -0.1) is 0 Å². The van der Waals surface area contributed by atoms with E-state index in [-0.39, 0.29) is 11.8 Å². The van der Waals surface area contributed by atoms with Crippen LogP contribution in [0.1, 0.15) is 36.8 Å². The van der Waals surface area contributed by atoms with Gasteiger partial charge in [-0.2, -0.15) is 4.98 Å². The van der Waals surface area contributed by atoms with Crippen LogP contribution < -0.4 is 4.74 Å².